The summed E-state index contributed by atoms with van der Waals surface area (Å²) in [4.78, 5) is 30.5. The van der Waals surface area contributed by atoms with Gasteiger partial charge in [0.15, 0.2) is 5.13 Å². The second kappa shape index (κ2) is 6.51. The Morgan fingerprint density at radius 2 is 2.04 bits per heavy atom. The molecule has 1 aliphatic heterocycles. The van der Waals surface area contributed by atoms with Gasteiger partial charge in [-0.05, 0) is 25.7 Å². The van der Waals surface area contributed by atoms with Crippen LogP contribution in [-0.4, -0.2) is 40.2 Å². The lowest BCUT2D eigenvalue weighted by molar-refractivity contribution is -0.143. The number of anilines is 1. The number of thiazole rings is 1. The summed E-state index contributed by atoms with van der Waals surface area (Å²) >= 11 is 1.32. The highest BCUT2D eigenvalue weighted by Crippen LogP contribution is 2.37. The highest BCUT2D eigenvalue weighted by molar-refractivity contribution is 7.13. The van der Waals surface area contributed by atoms with Crippen molar-refractivity contribution in [2.24, 2.45) is 5.92 Å². The maximum Gasteiger partial charge on any atom is 0.248 e. The molecule has 0 radical (unpaired) electrons. The van der Waals surface area contributed by atoms with Gasteiger partial charge in [0.1, 0.15) is 6.04 Å². The zero-order chi connectivity index (χ0) is 16.4. The third-order valence-electron chi connectivity index (χ3n) is 4.57. The maximum atomic E-state index is 13.2. The molecule has 1 N–H and O–H groups in total. The molecule has 8 heteroatoms. The first kappa shape index (κ1) is 16.3. The van der Waals surface area contributed by atoms with E-state index in [1.807, 2.05) is 0 Å². The fraction of sp³-hybridized carbons (Fsp3) is 0.667. The summed E-state index contributed by atoms with van der Waals surface area (Å²) in [7, 11) is 0. The number of alkyl halides is 2. The highest BCUT2D eigenvalue weighted by atomic mass is 32.1. The molecule has 1 unspecified atom stereocenters. The first-order chi connectivity index (χ1) is 11.0. The number of amides is 2. The molecule has 1 aromatic rings. The van der Waals surface area contributed by atoms with Gasteiger partial charge < -0.3 is 10.2 Å². The van der Waals surface area contributed by atoms with Crippen molar-refractivity contribution in [3.05, 3.63) is 11.6 Å². The smallest absolute Gasteiger partial charge is 0.248 e. The van der Waals surface area contributed by atoms with Crippen molar-refractivity contribution in [3.8, 4) is 0 Å². The minimum atomic E-state index is -2.65. The van der Waals surface area contributed by atoms with Crippen molar-refractivity contribution in [2.45, 2.75) is 50.5 Å². The first-order valence-electron chi connectivity index (χ1n) is 7.85. The van der Waals surface area contributed by atoms with Crippen LogP contribution in [0.15, 0.2) is 11.6 Å². The second-order valence-electron chi connectivity index (χ2n) is 6.15. The lowest BCUT2D eigenvalue weighted by Gasteiger charge is -2.32. The molecular formula is C15H19F2N3O2S. The van der Waals surface area contributed by atoms with Crippen LogP contribution in [0.25, 0.3) is 0 Å². The van der Waals surface area contributed by atoms with Gasteiger partial charge in [-0.2, -0.15) is 0 Å². The number of hydrogen-bond acceptors (Lipinski definition) is 4. The lowest BCUT2D eigenvalue weighted by atomic mass is 9.85. The molecule has 3 rings (SSSR count). The van der Waals surface area contributed by atoms with Gasteiger partial charge >= 0.3 is 0 Å². The van der Waals surface area contributed by atoms with Crippen LogP contribution >= 0.6 is 11.3 Å². The van der Waals surface area contributed by atoms with Gasteiger partial charge in [0.25, 0.3) is 0 Å². The van der Waals surface area contributed by atoms with Gasteiger partial charge in [-0.25, -0.2) is 13.8 Å². The number of carbonyl (C=O) groups is 2. The van der Waals surface area contributed by atoms with Gasteiger partial charge in [0.05, 0.1) is 0 Å². The van der Waals surface area contributed by atoms with Crippen LogP contribution in [-0.2, 0) is 9.59 Å². The van der Waals surface area contributed by atoms with Crippen molar-refractivity contribution in [1.29, 1.82) is 0 Å². The SMILES string of the molecule is O=C(Nc1nccs1)C1CCCN1C(=O)C1CCC(F)(F)CC1. The summed E-state index contributed by atoms with van der Waals surface area (Å²) in [6.07, 6.45) is 2.86. The minimum Gasteiger partial charge on any atom is -0.330 e. The molecule has 1 aromatic heterocycles. The fourth-order valence-electron chi connectivity index (χ4n) is 3.30. The average molecular weight is 343 g/mol. The molecule has 2 aliphatic rings. The summed E-state index contributed by atoms with van der Waals surface area (Å²) in [6, 6.07) is -0.520. The standard InChI is InChI=1S/C15H19F2N3O2S/c16-15(17)5-3-10(4-6-15)13(22)20-8-1-2-11(20)12(21)19-14-18-7-9-23-14/h7,9-11H,1-6,8H2,(H,18,19,21). The number of nitrogens with one attached hydrogen (secondary N) is 1. The van der Waals surface area contributed by atoms with E-state index in [-0.39, 0.29) is 43.4 Å². The van der Waals surface area contributed by atoms with Crippen LogP contribution in [0.2, 0.25) is 0 Å². The molecule has 1 saturated heterocycles. The Morgan fingerprint density at radius 1 is 1.30 bits per heavy atom. The van der Waals surface area contributed by atoms with E-state index in [1.54, 1.807) is 16.5 Å². The third-order valence-corrected chi connectivity index (χ3v) is 5.26. The van der Waals surface area contributed by atoms with E-state index in [1.165, 1.54) is 11.3 Å². The van der Waals surface area contributed by atoms with Gasteiger partial charge in [-0.15, -0.1) is 11.3 Å². The molecule has 5 nitrogen and oxygen atoms in total. The molecule has 2 heterocycles. The van der Waals surface area contributed by atoms with E-state index in [0.29, 0.717) is 18.1 Å². The molecular weight excluding hydrogens is 324 g/mol. The second-order valence-corrected chi connectivity index (χ2v) is 7.04. The predicted octanol–water partition coefficient (Wildman–Crippen LogP) is 2.90. The van der Waals surface area contributed by atoms with E-state index in [2.05, 4.69) is 10.3 Å². The number of hydrogen-bond donors (Lipinski definition) is 1. The molecule has 0 bridgehead atoms. The topological polar surface area (TPSA) is 62.3 Å². The zero-order valence-electron chi connectivity index (χ0n) is 12.6. The molecule has 1 aliphatic carbocycles. The quantitative estimate of drug-likeness (QED) is 0.918. The Bertz CT molecular complexity index is 569. The van der Waals surface area contributed by atoms with Crippen molar-refractivity contribution < 1.29 is 18.4 Å². The van der Waals surface area contributed by atoms with Gasteiger partial charge in [0, 0.05) is 36.9 Å². The van der Waals surface area contributed by atoms with Crippen LogP contribution in [0.3, 0.4) is 0 Å². The van der Waals surface area contributed by atoms with E-state index in [0.717, 1.165) is 6.42 Å². The maximum absolute atomic E-state index is 13.2. The van der Waals surface area contributed by atoms with Crippen LogP contribution in [0.1, 0.15) is 38.5 Å². The largest absolute Gasteiger partial charge is 0.330 e. The Labute approximate surface area is 137 Å². The van der Waals surface area contributed by atoms with Crippen LogP contribution in [0.5, 0.6) is 0 Å². The number of rotatable bonds is 3. The van der Waals surface area contributed by atoms with Crippen molar-refractivity contribution in [1.82, 2.24) is 9.88 Å². The molecule has 2 amide bonds. The number of halogens is 2. The van der Waals surface area contributed by atoms with Crippen LogP contribution < -0.4 is 5.32 Å². The molecule has 2 fully saturated rings. The fourth-order valence-corrected chi connectivity index (χ4v) is 3.83. The van der Waals surface area contributed by atoms with E-state index in [9.17, 15) is 18.4 Å². The van der Waals surface area contributed by atoms with Crippen molar-refractivity contribution in [2.75, 3.05) is 11.9 Å². The Balaban J connectivity index is 1.62. The van der Waals surface area contributed by atoms with Gasteiger partial charge in [0.2, 0.25) is 17.7 Å². The first-order valence-corrected chi connectivity index (χ1v) is 8.73. The van der Waals surface area contributed by atoms with Crippen LogP contribution in [0.4, 0.5) is 13.9 Å². The monoisotopic (exact) mass is 343 g/mol. The normalized spacial score (nSPS) is 24.6. The summed E-state index contributed by atoms with van der Waals surface area (Å²) in [5.41, 5.74) is 0. The molecule has 0 aromatic carbocycles. The average Bonchev–Trinajstić information content (AvgIpc) is 3.17. The number of likely N-dealkylation sites (tertiary alicyclic amines) is 1. The van der Waals surface area contributed by atoms with Crippen molar-refractivity contribution >= 4 is 28.3 Å². The Kier molecular flexibility index (Phi) is 4.61. The number of nitrogens with zero attached hydrogens (tertiary/aromatic N) is 2. The lowest BCUT2D eigenvalue weighted by Crippen LogP contribution is -2.46. The molecule has 1 saturated carbocycles. The minimum absolute atomic E-state index is 0.155. The Hall–Kier alpha value is -1.57. The van der Waals surface area contributed by atoms with Crippen LogP contribution in [0, 0.1) is 5.92 Å². The van der Waals surface area contributed by atoms with E-state index in [4.69, 9.17) is 0 Å². The summed E-state index contributed by atoms with van der Waals surface area (Å²) in [5.74, 6) is -3.43. The van der Waals surface area contributed by atoms with E-state index >= 15 is 0 Å². The zero-order valence-corrected chi connectivity index (χ0v) is 13.5. The molecule has 23 heavy (non-hydrogen) atoms. The third kappa shape index (κ3) is 3.68. The summed E-state index contributed by atoms with van der Waals surface area (Å²) < 4.78 is 26.5. The highest BCUT2D eigenvalue weighted by Gasteiger charge is 2.42. The Morgan fingerprint density at radius 3 is 2.70 bits per heavy atom. The molecule has 0 spiro atoms. The summed E-state index contributed by atoms with van der Waals surface area (Å²) in [5, 5.41) is 4.98. The summed E-state index contributed by atoms with van der Waals surface area (Å²) in [6.45, 7) is 0.516. The molecule has 1 atom stereocenters. The number of aromatic nitrogens is 1. The van der Waals surface area contributed by atoms with Gasteiger partial charge in [-0.1, -0.05) is 0 Å². The predicted molar refractivity (Wildman–Crippen MR) is 82.4 cm³/mol. The van der Waals surface area contributed by atoms with Crippen molar-refractivity contribution in [3.63, 3.8) is 0 Å². The molecule has 126 valence electrons. The number of carbonyl (C=O) groups excluding carboxylic acids is 2. The van der Waals surface area contributed by atoms with Gasteiger partial charge in [-0.3, -0.25) is 9.59 Å². The van der Waals surface area contributed by atoms with E-state index < -0.39 is 12.0 Å².